The second-order valence-corrected chi connectivity index (χ2v) is 9.12. The lowest BCUT2D eigenvalue weighted by molar-refractivity contribution is -0.138. The number of hydrogen-bond acceptors (Lipinski definition) is 8. The molecule has 186 valence electrons. The number of morpholine rings is 1. The zero-order valence-corrected chi connectivity index (χ0v) is 20.5. The number of aliphatic imine (C=N–C) groups is 1. The zero-order valence-electron chi connectivity index (χ0n) is 19.7. The number of fused-ring (bicyclic) bond motifs is 1. The molecule has 0 bridgehead atoms. The SMILES string of the molecule is C=CCOC(=O)C1=C(C)N=C2SC=C(CC(=O)NCCN3CCOCC3)N2C1c1ccccc1F. The summed E-state index contributed by atoms with van der Waals surface area (Å²) >= 11 is 1.35. The van der Waals surface area contributed by atoms with E-state index in [1.807, 2.05) is 5.41 Å². The Bertz CT molecular complexity index is 1080. The van der Waals surface area contributed by atoms with Crippen LogP contribution in [0.1, 0.15) is 24.9 Å². The van der Waals surface area contributed by atoms with Gasteiger partial charge in [0.2, 0.25) is 5.91 Å². The normalized spacial score (nSPS) is 20.2. The minimum Gasteiger partial charge on any atom is -0.458 e. The molecule has 0 radical (unpaired) electrons. The van der Waals surface area contributed by atoms with Crippen LogP contribution in [0.2, 0.25) is 0 Å². The van der Waals surface area contributed by atoms with Gasteiger partial charge in [-0.05, 0) is 18.4 Å². The number of allylic oxidation sites excluding steroid dienone is 1. The molecule has 0 saturated carbocycles. The second kappa shape index (κ2) is 11.7. The summed E-state index contributed by atoms with van der Waals surface area (Å²) in [4.78, 5) is 34.4. The number of amides is 1. The maximum absolute atomic E-state index is 15.0. The third-order valence-electron chi connectivity index (χ3n) is 5.95. The lowest BCUT2D eigenvalue weighted by atomic mass is 9.93. The summed E-state index contributed by atoms with van der Waals surface area (Å²) < 4.78 is 25.7. The third kappa shape index (κ3) is 5.83. The third-order valence-corrected chi connectivity index (χ3v) is 6.84. The molecule has 3 aliphatic heterocycles. The fourth-order valence-electron chi connectivity index (χ4n) is 4.24. The molecule has 1 amide bonds. The molecule has 1 fully saturated rings. The highest BCUT2D eigenvalue weighted by atomic mass is 32.2. The van der Waals surface area contributed by atoms with Gasteiger partial charge in [-0.1, -0.05) is 42.6 Å². The highest BCUT2D eigenvalue weighted by molar-refractivity contribution is 8.16. The van der Waals surface area contributed by atoms with Crippen LogP contribution in [0, 0.1) is 5.82 Å². The molecule has 1 aromatic rings. The molecular formula is C25H29FN4O4S. The molecule has 0 aliphatic carbocycles. The molecule has 1 atom stereocenters. The number of hydrogen-bond donors (Lipinski definition) is 1. The number of rotatable bonds is 9. The van der Waals surface area contributed by atoms with Crippen molar-refractivity contribution in [3.63, 3.8) is 0 Å². The van der Waals surface area contributed by atoms with Crippen LogP contribution in [-0.4, -0.2) is 72.8 Å². The van der Waals surface area contributed by atoms with Crippen LogP contribution in [-0.2, 0) is 19.1 Å². The van der Waals surface area contributed by atoms with Crippen molar-refractivity contribution in [1.82, 2.24) is 15.1 Å². The summed E-state index contributed by atoms with van der Waals surface area (Å²) in [7, 11) is 0. The molecule has 4 rings (SSSR count). The Morgan fingerprint density at radius 3 is 2.86 bits per heavy atom. The fourth-order valence-corrected chi connectivity index (χ4v) is 5.20. The minimum absolute atomic E-state index is 0.0270. The largest absolute Gasteiger partial charge is 0.458 e. The molecule has 1 N–H and O–H groups in total. The van der Waals surface area contributed by atoms with Crippen LogP contribution in [0.15, 0.2) is 64.3 Å². The highest BCUT2D eigenvalue weighted by Crippen LogP contribution is 2.45. The van der Waals surface area contributed by atoms with Gasteiger partial charge >= 0.3 is 5.97 Å². The van der Waals surface area contributed by atoms with Crippen molar-refractivity contribution in [2.24, 2.45) is 4.99 Å². The molecule has 0 spiro atoms. The fraction of sp³-hybridized carbons (Fsp3) is 0.400. The first-order valence-corrected chi connectivity index (χ1v) is 12.4. The van der Waals surface area contributed by atoms with Gasteiger partial charge in [0, 0.05) is 37.4 Å². The van der Waals surface area contributed by atoms with E-state index in [0.29, 0.717) is 41.9 Å². The Balaban J connectivity index is 1.53. The second-order valence-electron chi connectivity index (χ2n) is 8.28. The predicted octanol–water partition coefficient (Wildman–Crippen LogP) is 2.97. The number of nitrogens with zero attached hydrogens (tertiary/aromatic N) is 3. The summed E-state index contributed by atoms with van der Waals surface area (Å²) in [5.41, 5.74) is 1.65. The molecule has 35 heavy (non-hydrogen) atoms. The first-order valence-electron chi connectivity index (χ1n) is 11.5. The Morgan fingerprint density at radius 1 is 1.34 bits per heavy atom. The predicted molar refractivity (Wildman–Crippen MR) is 133 cm³/mol. The van der Waals surface area contributed by atoms with Crippen LogP contribution >= 0.6 is 11.8 Å². The molecule has 10 heteroatoms. The molecule has 3 heterocycles. The number of thioether (sulfide) groups is 1. The summed E-state index contributed by atoms with van der Waals surface area (Å²) in [6.07, 6.45) is 1.55. The smallest absolute Gasteiger partial charge is 0.338 e. The van der Waals surface area contributed by atoms with Gasteiger partial charge in [-0.15, -0.1) is 0 Å². The van der Waals surface area contributed by atoms with Gasteiger partial charge in [-0.2, -0.15) is 0 Å². The maximum atomic E-state index is 15.0. The van der Waals surface area contributed by atoms with Crippen molar-refractivity contribution in [1.29, 1.82) is 0 Å². The van der Waals surface area contributed by atoms with Crippen LogP contribution < -0.4 is 5.32 Å². The van der Waals surface area contributed by atoms with E-state index in [2.05, 4.69) is 21.8 Å². The number of amidine groups is 1. The maximum Gasteiger partial charge on any atom is 0.338 e. The minimum atomic E-state index is -0.802. The van der Waals surface area contributed by atoms with Crippen LogP contribution in [0.5, 0.6) is 0 Å². The average molecular weight is 501 g/mol. The van der Waals surface area contributed by atoms with E-state index in [1.165, 1.54) is 23.9 Å². The topological polar surface area (TPSA) is 83.5 Å². The van der Waals surface area contributed by atoms with E-state index in [-0.39, 0.29) is 24.5 Å². The molecule has 1 unspecified atom stereocenters. The summed E-state index contributed by atoms with van der Waals surface area (Å²) in [6.45, 7) is 9.71. The van der Waals surface area contributed by atoms with Gasteiger partial charge in [0.1, 0.15) is 12.4 Å². The van der Waals surface area contributed by atoms with Gasteiger partial charge in [0.05, 0.1) is 36.9 Å². The molecular weight excluding hydrogens is 471 g/mol. The Labute approximate surface area is 208 Å². The molecule has 1 aromatic carbocycles. The van der Waals surface area contributed by atoms with E-state index in [0.717, 1.165) is 19.6 Å². The van der Waals surface area contributed by atoms with Gasteiger partial charge in [-0.25, -0.2) is 14.2 Å². The number of nitrogens with one attached hydrogen (secondary N) is 1. The monoisotopic (exact) mass is 500 g/mol. The number of benzene rings is 1. The Kier molecular flexibility index (Phi) is 8.37. The standard InChI is InChI=1S/C25H29FN4O4S/c1-3-12-34-24(32)22-17(2)28-25-30(23(22)19-6-4-5-7-20(19)26)18(16-35-25)15-21(31)27-8-9-29-10-13-33-14-11-29/h3-7,16,23H,1,8-15H2,2H3,(H,27,31). The number of carbonyl (C=O) groups is 2. The molecule has 8 nitrogen and oxygen atoms in total. The summed E-state index contributed by atoms with van der Waals surface area (Å²) in [5.74, 6) is -1.20. The quantitative estimate of drug-likeness (QED) is 0.412. The van der Waals surface area contributed by atoms with Crippen molar-refractivity contribution in [3.05, 3.63) is 70.7 Å². The molecule has 1 saturated heterocycles. The van der Waals surface area contributed by atoms with Crippen LogP contribution in [0.4, 0.5) is 4.39 Å². The first kappa shape index (κ1) is 25.2. The molecule has 3 aliphatic rings. The van der Waals surface area contributed by atoms with Crippen LogP contribution in [0.25, 0.3) is 0 Å². The van der Waals surface area contributed by atoms with Gasteiger partial charge < -0.3 is 19.7 Å². The van der Waals surface area contributed by atoms with E-state index >= 15 is 4.39 Å². The Morgan fingerprint density at radius 2 is 2.11 bits per heavy atom. The van der Waals surface area contributed by atoms with Crippen molar-refractivity contribution in [2.45, 2.75) is 19.4 Å². The van der Waals surface area contributed by atoms with Crippen LogP contribution in [0.3, 0.4) is 0 Å². The number of esters is 1. The number of ether oxygens (including phenoxy) is 2. The van der Waals surface area contributed by atoms with Gasteiger partial charge in [0.25, 0.3) is 0 Å². The zero-order chi connectivity index (χ0) is 24.8. The average Bonchev–Trinajstić information content (AvgIpc) is 3.24. The molecule has 0 aromatic heterocycles. The highest BCUT2D eigenvalue weighted by Gasteiger charge is 2.42. The first-order chi connectivity index (χ1) is 17.0. The van der Waals surface area contributed by atoms with E-state index in [4.69, 9.17) is 9.47 Å². The van der Waals surface area contributed by atoms with Crippen molar-refractivity contribution in [3.8, 4) is 0 Å². The summed E-state index contributed by atoms with van der Waals surface area (Å²) in [6, 6.07) is 5.51. The Hall–Kier alpha value is -2.95. The van der Waals surface area contributed by atoms with Gasteiger partial charge in [0.15, 0.2) is 5.17 Å². The van der Waals surface area contributed by atoms with Gasteiger partial charge in [-0.3, -0.25) is 9.69 Å². The van der Waals surface area contributed by atoms with E-state index in [1.54, 1.807) is 30.0 Å². The van der Waals surface area contributed by atoms with Crippen molar-refractivity contribution in [2.75, 3.05) is 46.0 Å². The lowest BCUT2D eigenvalue weighted by Crippen LogP contribution is -2.42. The number of carbonyl (C=O) groups excluding carboxylic acids is 2. The van der Waals surface area contributed by atoms with Crippen molar-refractivity contribution < 1.29 is 23.5 Å². The lowest BCUT2D eigenvalue weighted by Gasteiger charge is -2.36. The van der Waals surface area contributed by atoms with E-state index in [9.17, 15) is 9.59 Å². The van der Waals surface area contributed by atoms with E-state index < -0.39 is 17.8 Å². The number of halogens is 1. The van der Waals surface area contributed by atoms with Crippen molar-refractivity contribution >= 4 is 28.8 Å². The summed E-state index contributed by atoms with van der Waals surface area (Å²) in [5, 5.41) is 5.38.